The maximum atomic E-state index is 13.5. The largest absolute Gasteiger partial charge is 0.379 e. The van der Waals surface area contributed by atoms with E-state index in [1.54, 1.807) is 12.3 Å². The number of nitrogens with one attached hydrogen (secondary N) is 3. The van der Waals surface area contributed by atoms with Gasteiger partial charge in [-0.25, -0.2) is 15.0 Å². The monoisotopic (exact) mass is 507 g/mol. The summed E-state index contributed by atoms with van der Waals surface area (Å²) in [6.45, 7) is 8.05. The van der Waals surface area contributed by atoms with Crippen LogP contribution in [-0.2, 0) is 11.3 Å². The van der Waals surface area contributed by atoms with Crippen LogP contribution in [0, 0.1) is 13.8 Å². The Balaban J connectivity index is 1.27. The molecular formula is C29H29N7O2. The molecule has 3 N–H and O–H groups in total. The average molecular weight is 508 g/mol. The number of amides is 1. The standard InChI is InChI=1S/C29H29N7O2/c1-18-5-3-7-21-16-30-29(35-26(18)21)34-23-14-24(27-25(15-23)31-19(2)32-27)28(37)33-22-8-4-6-20(13-22)17-36-9-11-38-12-10-36/h3-8,13-16H,9-12,17H2,1-2H3,(H,31,32)(H,33,37)(H,30,34,35). The van der Waals surface area contributed by atoms with Crippen molar-refractivity contribution in [2.45, 2.75) is 20.4 Å². The number of hydrogen-bond donors (Lipinski definition) is 3. The molecule has 9 nitrogen and oxygen atoms in total. The van der Waals surface area contributed by atoms with Crippen LogP contribution >= 0.6 is 0 Å². The minimum atomic E-state index is -0.232. The van der Waals surface area contributed by atoms with E-state index in [4.69, 9.17) is 9.72 Å². The smallest absolute Gasteiger partial charge is 0.258 e. The van der Waals surface area contributed by atoms with E-state index in [1.807, 2.05) is 56.3 Å². The maximum absolute atomic E-state index is 13.5. The van der Waals surface area contributed by atoms with Crippen LogP contribution in [-0.4, -0.2) is 57.0 Å². The van der Waals surface area contributed by atoms with Crippen LogP contribution in [0.15, 0.2) is 60.8 Å². The Labute approximate surface area is 220 Å². The number of aromatic amines is 1. The second-order valence-electron chi connectivity index (χ2n) is 9.62. The molecule has 1 amide bonds. The van der Waals surface area contributed by atoms with Crippen molar-refractivity contribution in [3.8, 4) is 0 Å². The molecule has 1 saturated heterocycles. The number of para-hydroxylation sites is 1. The van der Waals surface area contributed by atoms with E-state index in [-0.39, 0.29) is 5.91 Å². The molecule has 5 aromatic rings. The normalized spacial score (nSPS) is 14.2. The number of anilines is 3. The number of carbonyl (C=O) groups excluding carboxylic acids is 1. The Hall–Kier alpha value is -4.34. The lowest BCUT2D eigenvalue weighted by molar-refractivity contribution is 0.0342. The van der Waals surface area contributed by atoms with Crippen LogP contribution in [0.2, 0.25) is 0 Å². The van der Waals surface area contributed by atoms with Gasteiger partial charge in [-0.1, -0.05) is 30.3 Å². The molecule has 0 spiro atoms. The Bertz CT molecular complexity index is 1640. The molecule has 192 valence electrons. The molecule has 2 aromatic heterocycles. The predicted molar refractivity (Wildman–Crippen MR) is 149 cm³/mol. The third kappa shape index (κ3) is 5.06. The fraction of sp³-hybridized carbons (Fsp3) is 0.241. The van der Waals surface area contributed by atoms with Gasteiger partial charge in [0.1, 0.15) is 11.3 Å². The Morgan fingerprint density at radius 3 is 2.71 bits per heavy atom. The van der Waals surface area contributed by atoms with Gasteiger partial charge in [0.15, 0.2) is 0 Å². The van der Waals surface area contributed by atoms with Gasteiger partial charge in [0.05, 0.1) is 29.8 Å². The molecule has 1 aliphatic heterocycles. The lowest BCUT2D eigenvalue weighted by Crippen LogP contribution is -2.35. The van der Waals surface area contributed by atoms with Crippen molar-refractivity contribution in [3.05, 3.63) is 83.3 Å². The summed E-state index contributed by atoms with van der Waals surface area (Å²) >= 11 is 0. The van der Waals surface area contributed by atoms with Crippen molar-refractivity contribution in [2.75, 3.05) is 36.9 Å². The summed E-state index contributed by atoms with van der Waals surface area (Å²) in [6, 6.07) is 17.7. The predicted octanol–water partition coefficient (Wildman–Crippen LogP) is 4.95. The number of aromatic nitrogens is 4. The van der Waals surface area contributed by atoms with Gasteiger partial charge in [-0.2, -0.15) is 0 Å². The lowest BCUT2D eigenvalue weighted by Gasteiger charge is -2.26. The third-order valence-electron chi connectivity index (χ3n) is 6.71. The number of hydrogen-bond acceptors (Lipinski definition) is 7. The number of benzene rings is 3. The highest BCUT2D eigenvalue weighted by Gasteiger charge is 2.17. The summed E-state index contributed by atoms with van der Waals surface area (Å²) in [7, 11) is 0. The Kier molecular flexibility index (Phi) is 6.45. The minimum absolute atomic E-state index is 0.232. The van der Waals surface area contributed by atoms with Gasteiger partial charge in [-0.05, 0) is 49.2 Å². The van der Waals surface area contributed by atoms with Gasteiger partial charge >= 0.3 is 0 Å². The highest BCUT2D eigenvalue weighted by molar-refractivity contribution is 6.12. The number of ether oxygens (including phenoxy) is 1. The highest BCUT2D eigenvalue weighted by Crippen LogP contribution is 2.26. The number of aryl methyl sites for hydroxylation is 2. The van der Waals surface area contributed by atoms with Crippen molar-refractivity contribution < 1.29 is 9.53 Å². The molecule has 0 radical (unpaired) electrons. The molecule has 0 bridgehead atoms. The SMILES string of the molecule is Cc1nc2c(C(=O)Nc3cccc(CN4CCOCC4)c3)cc(Nc3ncc4cccc(C)c4n3)cc2[nH]1. The van der Waals surface area contributed by atoms with E-state index in [9.17, 15) is 4.79 Å². The summed E-state index contributed by atoms with van der Waals surface area (Å²) in [5.74, 6) is 0.963. The van der Waals surface area contributed by atoms with Crippen molar-refractivity contribution in [1.29, 1.82) is 0 Å². The highest BCUT2D eigenvalue weighted by atomic mass is 16.5. The zero-order valence-electron chi connectivity index (χ0n) is 21.4. The quantitative estimate of drug-likeness (QED) is 0.298. The zero-order valence-corrected chi connectivity index (χ0v) is 21.4. The van der Waals surface area contributed by atoms with E-state index in [1.165, 1.54) is 0 Å². The van der Waals surface area contributed by atoms with E-state index < -0.39 is 0 Å². The van der Waals surface area contributed by atoms with Crippen molar-refractivity contribution in [3.63, 3.8) is 0 Å². The van der Waals surface area contributed by atoms with E-state index in [2.05, 4.69) is 36.6 Å². The van der Waals surface area contributed by atoms with E-state index in [0.717, 1.165) is 71.9 Å². The molecule has 38 heavy (non-hydrogen) atoms. The first-order valence-electron chi connectivity index (χ1n) is 12.7. The summed E-state index contributed by atoms with van der Waals surface area (Å²) in [5.41, 5.74) is 6.38. The van der Waals surface area contributed by atoms with Gasteiger partial charge in [-0.15, -0.1) is 0 Å². The first-order valence-corrected chi connectivity index (χ1v) is 12.7. The summed E-state index contributed by atoms with van der Waals surface area (Å²) in [6.07, 6.45) is 1.80. The molecule has 9 heteroatoms. The van der Waals surface area contributed by atoms with Gasteiger partial charge in [-0.3, -0.25) is 9.69 Å². The molecule has 6 rings (SSSR count). The maximum Gasteiger partial charge on any atom is 0.258 e. The number of fused-ring (bicyclic) bond motifs is 2. The average Bonchev–Trinajstić information content (AvgIpc) is 3.29. The van der Waals surface area contributed by atoms with Crippen LogP contribution < -0.4 is 10.6 Å². The zero-order chi connectivity index (χ0) is 26.1. The molecule has 3 aromatic carbocycles. The fourth-order valence-electron chi connectivity index (χ4n) is 4.84. The Morgan fingerprint density at radius 1 is 1.00 bits per heavy atom. The van der Waals surface area contributed by atoms with E-state index in [0.29, 0.717) is 22.7 Å². The van der Waals surface area contributed by atoms with Crippen LogP contribution in [0.4, 0.5) is 17.3 Å². The van der Waals surface area contributed by atoms with Gasteiger partial charge in [0.25, 0.3) is 5.91 Å². The molecule has 3 heterocycles. The topological polar surface area (TPSA) is 108 Å². The molecule has 0 atom stereocenters. The number of nitrogens with zero attached hydrogens (tertiary/aromatic N) is 4. The molecule has 0 unspecified atom stereocenters. The number of morpholine rings is 1. The summed E-state index contributed by atoms with van der Waals surface area (Å²) < 4.78 is 5.45. The molecule has 1 fully saturated rings. The van der Waals surface area contributed by atoms with Gasteiger partial charge < -0.3 is 20.4 Å². The summed E-state index contributed by atoms with van der Waals surface area (Å²) in [5, 5.41) is 7.32. The molecule has 1 aliphatic rings. The number of H-pyrrole nitrogens is 1. The fourth-order valence-corrected chi connectivity index (χ4v) is 4.84. The van der Waals surface area contributed by atoms with Gasteiger partial charge in [0.2, 0.25) is 5.95 Å². The molecule has 0 aliphatic carbocycles. The van der Waals surface area contributed by atoms with Crippen molar-refractivity contribution >= 4 is 45.2 Å². The summed E-state index contributed by atoms with van der Waals surface area (Å²) in [4.78, 5) is 32.9. The molecule has 0 saturated carbocycles. The second-order valence-corrected chi connectivity index (χ2v) is 9.62. The van der Waals surface area contributed by atoms with Crippen LogP contribution in [0.5, 0.6) is 0 Å². The number of carbonyl (C=O) groups is 1. The van der Waals surface area contributed by atoms with Gasteiger partial charge in [0, 0.05) is 42.6 Å². The van der Waals surface area contributed by atoms with Crippen LogP contribution in [0.1, 0.15) is 27.3 Å². The second kappa shape index (κ2) is 10.2. The number of imidazole rings is 1. The molecular weight excluding hydrogens is 478 g/mol. The number of rotatable bonds is 6. The van der Waals surface area contributed by atoms with Crippen molar-refractivity contribution in [2.24, 2.45) is 0 Å². The van der Waals surface area contributed by atoms with E-state index >= 15 is 0 Å². The first-order chi connectivity index (χ1) is 18.5. The minimum Gasteiger partial charge on any atom is -0.379 e. The first kappa shape index (κ1) is 24.0. The third-order valence-corrected chi connectivity index (χ3v) is 6.71. The lowest BCUT2D eigenvalue weighted by atomic mass is 10.1. The van der Waals surface area contributed by atoms with Crippen LogP contribution in [0.3, 0.4) is 0 Å². The Morgan fingerprint density at radius 2 is 1.84 bits per heavy atom. The van der Waals surface area contributed by atoms with Crippen LogP contribution in [0.25, 0.3) is 21.9 Å². The van der Waals surface area contributed by atoms with Crippen molar-refractivity contribution in [1.82, 2.24) is 24.8 Å².